The molecule has 2 aromatic heterocycles. The summed E-state index contributed by atoms with van der Waals surface area (Å²) in [5, 5.41) is 0.958. The number of aromatic amines is 2. The number of fused-ring (bicyclic) bond motifs is 1. The number of H-pyrrole nitrogens is 2. The number of carbonyl (C=O) groups excluding carboxylic acids is 3. The van der Waals surface area contributed by atoms with E-state index in [-0.39, 0.29) is 18.0 Å². The summed E-state index contributed by atoms with van der Waals surface area (Å²) in [7, 11) is 1.29. The number of aromatic nitrogens is 2. The van der Waals surface area contributed by atoms with Crippen molar-refractivity contribution in [3.63, 3.8) is 0 Å². The Bertz CT molecular complexity index is 1050. The van der Waals surface area contributed by atoms with E-state index in [1.807, 2.05) is 31.2 Å². The number of nitrogens with one attached hydrogen (secondary N) is 4. The summed E-state index contributed by atoms with van der Waals surface area (Å²) in [5.41, 5.74) is 8.23. The molecule has 4 N–H and O–H groups in total. The molecule has 0 aliphatic rings. The molecule has 0 aliphatic carbocycles. The van der Waals surface area contributed by atoms with Gasteiger partial charge in [-0.05, 0) is 30.5 Å². The minimum atomic E-state index is -0.533. The fourth-order valence-corrected chi connectivity index (χ4v) is 3.21. The van der Waals surface area contributed by atoms with Gasteiger partial charge in [-0.25, -0.2) is 4.79 Å². The second kappa shape index (κ2) is 7.99. The molecule has 0 bridgehead atoms. The van der Waals surface area contributed by atoms with Crippen LogP contribution in [-0.2, 0) is 22.4 Å². The number of hydrazine groups is 1. The van der Waals surface area contributed by atoms with E-state index < -0.39 is 11.9 Å². The second-order valence-electron chi connectivity index (χ2n) is 6.36. The number of hydrogen-bond acceptors (Lipinski definition) is 4. The molecule has 0 aliphatic heterocycles. The topological polar surface area (TPSA) is 116 Å². The average Bonchev–Trinajstić information content (AvgIpc) is 3.26. The number of methoxy groups -OCH3 is 1. The van der Waals surface area contributed by atoms with Crippen LogP contribution in [0, 0.1) is 6.92 Å². The van der Waals surface area contributed by atoms with Crippen LogP contribution >= 0.6 is 0 Å². The highest BCUT2D eigenvalue weighted by Crippen LogP contribution is 2.20. The van der Waals surface area contributed by atoms with Crippen LogP contribution in [0.25, 0.3) is 10.9 Å². The van der Waals surface area contributed by atoms with Crippen LogP contribution in [0.2, 0.25) is 0 Å². The molecule has 0 unspecified atom stereocenters. The second-order valence-corrected chi connectivity index (χ2v) is 6.36. The van der Waals surface area contributed by atoms with Gasteiger partial charge in [-0.2, -0.15) is 0 Å². The fraction of sp³-hybridized carbons (Fsp3) is 0.250. The van der Waals surface area contributed by atoms with Crippen molar-refractivity contribution in [2.45, 2.75) is 26.7 Å². The van der Waals surface area contributed by atoms with E-state index in [1.165, 1.54) is 7.11 Å². The molecule has 28 heavy (non-hydrogen) atoms. The first-order valence-corrected chi connectivity index (χ1v) is 8.90. The maximum Gasteiger partial charge on any atom is 0.339 e. The monoisotopic (exact) mass is 382 g/mol. The summed E-state index contributed by atoms with van der Waals surface area (Å²) >= 11 is 0. The Hall–Kier alpha value is -3.55. The van der Waals surface area contributed by atoms with Gasteiger partial charge in [0.2, 0.25) is 5.91 Å². The third kappa shape index (κ3) is 3.62. The highest BCUT2D eigenvalue weighted by molar-refractivity contribution is 6.01. The van der Waals surface area contributed by atoms with Crippen LogP contribution in [0.5, 0.6) is 0 Å². The lowest BCUT2D eigenvalue weighted by molar-refractivity contribution is -0.121. The molecule has 8 heteroatoms. The predicted octanol–water partition coefficient (Wildman–Crippen LogP) is 2.16. The summed E-state index contributed by atoms with van der Waals surface area (Å²) < 4.78 is 4.78. The van der Waals surface area contributed by atoms with Crippen molar-refractivity contribution >= 4 is 28.7 Å². The van der Waals surface area contributed by atoms with Crippen LogP contribution in [0.4, 0.5) is 0 Å². The number of para-hydroxylation sites is 1. The zero-order valence-electron chi connectivity index (χ0n) is 15.9. The van der Waals surface area contributed by atoms with Crippen molar-refractivity contribution in [2.75, 3.05) is 7.11 Å². The Morgan fingerprint density at radius 2 is 1.89 bits per heavy atom. The summed E-state index contributed by atoms with van der Waals surface area (Å²) in [4.78, 5) is 42.7. The summed E-state index contributed by atoms with van der Waals surface area (Å²) in [6.07, 6.45) is 2.42. The van der Waals surface area contributed by atoms with E-state index in [9.17, 15) is 14.4 Å². The molecule has 0 saturated carbocycles. The number of carbonyl (C=O) groups is 3. The van der Waals surface area contributed by atoms with Gasteiger partial charge < -0.3 is 14.7 Å². The summed E-state index contributed by atoms with van der Waals surface area (Å²) in [6, 6.07) is 7.67. The number of hydrogen-bond donors (Lipinski definition) is 4. The van der Waals surface area contributed by atoms with Gasteiger partial charge in [-0.1, -0.05) is 25.1 Å². The van der Waals surface area contributed by atoms with Gasteiger partial charge >= 0.3 is 5.97 Å². The molecule has 0 spiro atoms. The molecule has 0 fully saturated rings. The van der Waals surface area contributed by atoms with E-state index >= 15 is 0 Å². The Morgan fingerprint density at radius 1 is 1.14 bits per heavy atom. The predicted molar refractivity (Wildman–Crippen MR) is 104 cm³/mol. The minimum Gasteiger partial charge on any atom is -0.465 e. The highest BCUT2D eigenvalue weighted by atomic mass is 16.5. The van der Waals surface area contributed by atoms with Crippen LogP contribution in [0.3, 0.4) is 0 Å². The molecular formula is C20H22N4O4. The first-order valence-electron chi connectivity index (χ1n) is 8.90. The molecule has 2 heterocycles. The lowest BCUT2D eigenvalue weighted by atomic mass is 10.1. The van der Waals surface area contributed by atoms with Gasteiger partial charge in [0.25, 0.3) is 5.91 Å². The van der Waals surface area contributed by atoms with E-state index in [4.69, 9.17) is 4.74 Å². The van der Waals surface area contributed by atoms with Gasteiger partial charge in [0.1, 0.15) is 5.69 Å². The Labute approximate surface area is 161 Å². The third-order valence-corrected chi connectivity index (χ3v) is 4.64. The third-order valence-electron chi connectivity index (χ3n) is 4.64. The Kier molecular flexibility index (Phi) is 5.49. The number of aryl methyl sites for hydroxylation is 1. The molecule has 146 valence electrons. The van der Waals surface area contributed by atoms with Gasteiger partial charge in [0, 0.05) is 22.8 Å². The number of amides is 2. The Morgan fingerprint density at radius 3 is 2.61 bits per heavy atom. The number of benzene rings is 1. The molecule has 3 aromatic rings. The molecular weight excluding hydrogens is 360 g/mol. The van der Waals surface area contributed by atoms with Crippen molar-refractivity contribution in [1.82, 2.24) is 20.8 Å². The minimum absolute atomic E-state index is 0.113. The molecule has 0 saturated heterocycles. The van der Waals surface area contributed by atoms with Gasteiger partial charge in [0.05, 0.1) is 19.1 Å². The van der Waals surface area contributed by atoms with E-state index in [1.54, 1.807) is 13.1 Å². The molecule has 1 aromatic carbocycles. The summed E-state index contributed by atoms with van der Waals surface area (Å²) in [5.74, 6) is -1.39. The number of rotatable bonds is 5. The van der Waals surface area contributed by atoms with E-state index in [2.05, 4.69) is 20.8 Å². The normalized spacial score (nSPS) is 10.7. The van der Waals surface area contributed by atoms with Crippen molar-refractivity contribution in [3.05, 3.63) is 58.5 Å². The lowest BCUT2D eigenvalue weighted by Gasteiger charge is -2.07. The number of ether oxygens (including phenoxy) is 1. The molecule has 0 atom stereocenters. The standard InChI is InChI=1S/C20H22N4O4/c1-4-14-17(20(27)28-3)11(2)18(22-14)19(26)24-23-16(25)9-12-10-21-15-8-6-5-7-13(12)15/h5-8,10,21-22H,4,9H2,1-3H3,(H,23,25)(H,24,26). The largest absolute Gasteiger partial charge is 0.465 e. The maximum atomic E-state index is 12.5. The van der Waals surface area contributed by atoms with Crippen molar-refractivity contribution in [3.8, 4) is 0 Å². The van der Waals surface area contributed by atoms with Crippen molar-refractivity contribution in [2.24, 2.45) is 0 Å². The van der Waals surface area contributed by atoms with Gasteiger partial charge in [-0.3, -0.25) is 20.4 Å². The van der Waals surface area contributed by atoms with Crippen LogP contribution < -0.4 is 10.9 Å². The molecule has 2 amide bonds. The first-order chi connectivity index (χ1) is 13.5. The lowest BCUT2D eigenvalue weighted by Crippen LogP contribution is -2.42. The quantitative estimate of drug-likeness (QED) is 0.400. The van der Waals surface area contributed by atoms with Gasteiger partial charge in [0.15, 0.2) is 0 Å². The average molecular weight is 382 g/mol. The zero-order valence-corrected chi connectivity index (χ0v) is 15.9. The fourth-order valence-electron chi connectivity index (χ4n) is 3.21. The maximum absolute atomic E-state index is 12.5. The van der Waals surface area contributed by atoms with E-state index in [0.29, 0.717) is 23.2 Å². The molecule has 0 radical (unpaired) electrons. The summed E-state index contributed by atoms with van der Waals surface area (Å²) in [6.45, 7) is 3.52. The van der Waals surface area contributed by atoms with Crippen molar-refractivity contribution in [1.29, 1.82) is 0 Å². The Balaban J connectivity index is 1.68. The van der Waals surface area contributed by atoms with Crippen LogP contribution in [0.1, 0.15) is 44.6 Å². The van der Waals surface area contributed by atoms with Crippen LogP contribution in [0.15, 0.2) is 30.5 Å². The SMILES string of the molecule is CCc1[nH]c(C(=O)NNC(=O)Cc2c[nH]c3ccccc23)c(C)c1C(=O)OC. The number of esters is 1. The van der Waals surface area contributed by atoms with Crippen molar-refractivity contribution < 1.29 is 19.1 Å². The zero-order chi connectivity index (χ0) is 20.3. The highest BCUT2D eigenvalue weighted by Gasteiger charge is 2.23. The van der Waals surface area contributed by atoms with Crippen LogP contribution in [-0.4, -0.2) is 34.9 Å². The molecule has 8 nitrogen and oxygen atoms in total. The molecule has 3 rings (SSSR count). The first kappa shape index (κ1) is 19.2. The smallest absolute Gasteiger partial charge is 0.339 e. The van der Waals surface area contributed by atoms with Gasteiger partial charge in [-0.15, -0.1) is 0 Å². The van der Waals surface area contributed by atoms with E-state index in [0.717, 1.165) is 16.5 Å².